The SMILES string of the molecule is COc1ccc(-c2c(C)c3cc(OC(=O)c4ccc(Br)cc4)ccc3oc2=O)cc1OC. The lowest BCUT2D eigenvalue weighted by Gasteiger charge is -2.12. The molecular weight excluding hydrogens is 476 g/mol. The first-order chi connectivity index (χ1) is 15.4. The van der Waals surface area contributed by atoms with E-state index < -0.39 is 11.6 Å². The molecule has 1 aromatic heterocycles. The second-order valence-corrected chi connectivity index (χ2v) is 7.93. The van der Waals surface area contributed by atoms with Crippen LogP contribution in [-0.4, -0.2) is 20.2 Å². The Balaban J connectivity index is 1.76. The molecule has 4 aromatic rings. The molecule has 0 aliphatic carbocycles. The summed E-state index contributed by atoms with van der Waals surface area (Å²) in [5, 5.41) is 0.662. The summed E-state index contributed by atoms with van der Waals surface area (Å²) in [5.41, 5.74) is 2.09. The fourth-order valence-corrected chi connectivity index (χ4v) is 3.74. The van der Waals surface area contributed by atoms with Crippen LogP contribution in [-0.2, 0) is 0 Å². The van der Waals surface area contributed by atoms with Crippen molar-refractivity contribution >= 4 is 32.9 Å². The smallest absolute Gasteiger partial charge is 0.344 e. The third kappa shape index (κ3) is 4.11. The highest BCUT2D eigenvalue weighted by atomic mass is 79.9. The molecule has 6 nitrogen and oxygen atoms in total. The summed E-state index contributed by atoms with van der Waals surface area (Å²) in [4.78, 5) is 25.2. The normalized spacial score (nSPS) is 10.8. The van der Waals surface area contributed by atoms with Gasteiger partial charge < -0.3 is 18.6 Å². The Hall–Kier alpha value is -3.58. The maximum absolute atomic E-state index is 12.8. The van der Waals surface area contributed by atoms with Gasteiger partial charge in [-0.05, 0) is 72.6 Å². The van der Waals surface area contributed by atoms with Gasteiger partial charge in [0.15, 0.2) is 11.5 Å². The van der Waals surface area contributed by atoms with Crippen LogP contribution < -0.4 is 19.8 Å². The van der Waals surface area contributed by atoms with Crippen LogP contribution in [0.3, 0.4) is 0 Å². The first-order valence-corrected chi connectivity index (χ1v) is 10.5. The first-order valence-electron chi connectivity index (χ1n) is 9.69. The van der Waals surface area contributed by atoms with Gasteiger partial charge in [-0.15, -0.1) is 0 Å². The summed E-state index contributed by atoms with van der Waals surface area (Å²) in [6.45, 7) is 1.83. The molecule has 0 aliphatic heterocycles. The van der Waals surface area contributed by atoms with E-state index in [9.17, 15) is 9.59 Å². The van der Waals surface area contributed by atoms with Crippen LogP contribution in [0.2, 0.25) is 0 Å². The molecular formula is C25H19BrO6. The van der Waals surface area contributed by atoms with E-state index in [-0.39, 0.29) is 0 Å². The van der Waals surface area contributed by atoms with Gasteiger partial charge in [0.05, 0.1) is 25.3 Å². The van der Waals surface area contributed by atoms with Crippen LogP contribution in [0.5, 0.6) is 17.2 Å². The summed E-state index contributed by atoms with van der Waals surface area (Å²) in [5.74, 6) is 0.926. The number of fused-ring (bicyclic) bond motifs is 1. The van der Waals surface area contributed by atoms with Crippen LogP contribution in [0.4, 0.5) is 0 Å². The van der Waals surface area contributed by atoms with E-state index in [0.29, 0.717) is 50.5 Å². The van der Waals surface area contributed by atoms with Gasteiger partial charge >= 0.3 is 11.6 Å². The van der Waals surface area contributed by atoms with Crippen LogP contribution in [0, 0.1) is 6.92 Å². The molecule has 0 saturated carbocycles. The maximum Gasteiger partial charge on any atom is 0.344 e. The summed E-state index contributed by atoms with van der Waals surface area (Å²) in [6.07, 6.45) is 0. The van der Waals surface area contributed by atoms with Crippen molar-refractivity contribution in [3.8, 4) is 28.4 Å². The molecule has 7 heteroatoms. The van der Waals surface area contributed by atoms with E-state index in [0.717, 1.165) is 4.47 Å². The number of carbonyl (C=O) groups excluding carboxylic acids is 1. The second kappa shape index (κ2) is 8.88. The summed E-state index contributed by atoms with van der Waals surface area (Å²) >= 11 is 3.34. The number of rotatable bonds is 5. The number of ether oxygens (including phenoxy) is 3. The van der Waals surface area contributed by atoms with Crippen molar-refractivity contribution in [1.82, 2.24) is 0 Å². The van der Waals surface area contributed by atoms with Crippen molar-refractivity contribution in [3.63, 3.8) is 0 Å². The number of esters is 1. The van der Waals surface area contributed by atoms with Crippen molar-refractivity contribution in [1.29, 1.82) is 0 Å². The molecule has 162 valence electrons. The van der Waals surface area contributed by atoms with Gasteiger partial charge in [-0.1, -0.05) is 22.0 Å². The van der Waals surface area contributed by atoms with Gasteiger partial charge in [-0.3, -0.25) is 0 Å². The summed E-state index contributed by atoms with van der Waals surface area (Å²) < 4.78 is 22.6. The predicted molar refractivity (Wildman–Crippen MR) is 125 cm³/mol. The van der Waals surface area contributed by atoms with Crippen LogP contribution in [0.15, 0.2) is 74.3 Å². The highest BCUT2D eigenvalue weighted by Crippen LogP contribution is 2.34. The quantitative estimate of drug-likeness (QED) is 0.199. The van der Waals surface area contributed by atoms with Crippen molar-refractivity contribution < 1.29 is 23.4 Å². The highest BCUT2D eigenvalue weighted by Gasteiger charge is 2.17. The third-order valence-electron chi connectivity index (χ3n) is 5.10. The van der Waals surface area contributed by atoms with Crippen LogP contribution in [0.1, 0.15) is 15.9 Å². The number of hydrogen-bond donors (Lipinski definition) is 0. The molecule has 0 fully saturated rings. The molecule has 0 N–H and O–H groups in total. The highest BCUT2D eigenvalue weighted by molar-refractivity contribution is 9.10. The largest absolute Gasteiger partial charge is 0.493 e. The monoisotopic (exact) mass is 494 g/mol. The predicted octanol–water partition coefficient (Wildman–Crippen LogP) is 5.77. The topological polar surface area (TPSA) is 75.0 Å². The molecule has 0 aliphatic rings. The second-order valence-electron chi connectivity index (χ2n) is 7.01. The molecule has 0 atom stereocenters. The first kappa shape index (κ1) is 21.6. The average molecular weight is 495 g/mol. The number of carbonyl (C=O) groups is 1. The van der Waals surface area contributed by atoms with Crippen LogP contribution >= 0.6 is 15.9 Å². The zero-order chi connectivity index (χ0) is 22.8. The maximum atomic E-state index is 12.8. The van der Waals surface area contributed by atoms with Crippen molar-refractivity contribution in [3.05, 3.63) is 86.7 Å². The van der Waals surface area contributed by atoms with E-state index in [2.05, 4.69) is 15.9 Å². The van der Waals surface area contributed by atoms with E-state index in [1.807, 2.05) is 6.92 Å². The van der Waals surface area contributed by atoms with Gasteiger partial charge in [-0.25, -0.2) is 9.59 Å². The minimum Gasteiger partial charge on any atom is -0.493 e. The fourth-order valence-electron chi connectivity index (χ4n) is 3.47. The number of aryl methyl sites for hydroxylation is 1. The Bertz CT molecular complexity index is 1370. The average Bonchev–Trinajstić information content (AvgIpc) is 2.79. The van der Waals surface area contributed by atoms with Crippen molar-refractivity contribution in [2.45, 2.75) is 6.92 Å². The summed E-state index contributed by atoms with van der Waals surface area (Å²) in [7, 11) is 3.08. The molecule has 0 saturated heterocycles. The molecule has 4 rings (SSSR count). The number of methoxy groups -OCH3 is 2. The minimum atomic E-state index is -0.480. The Labute approximate surface area is 192 Å². The van der Waals surface area contributed by atoms with Gasteiger partial charge in [0.25, 0.3) is 0 Å². The molecule has 0 radical (unpaired) electrons. The summed E-state index contributed by atoms with van der Waals surface area (Å²) in [6, 6.07) is 17.0. The van der Waals surface area contributed by atoms with E-state index in [1.165, 1.54) is 7.11 Å². The van der Waals surface area contributed by atoms with Gasteiger partial charge in [0, 0.05) is 9.86 Å². The lowest BCUT2D eigenvalue weighted by atomic mass is 9.99. The van der Waals surface area contributed by atoms with Crippen LogP contribution in [0.25, 0.3) is 22.1 Å². The molecule has 1 heterocycles. The van der Waals surface area contributed by atoms with Crippen molar-refractivity contribution in [2.24, 2.45) is 0 Å². The van der Waals surface area contributed by atoms with Gasteiger partial charge in [0.2, 0.25) is 0 Å². The van der Waals surface area contributed by atoms with Gasteiger partial charge in [-0.2, -0.15) is 0 Å². The minimum absolute atomic E-state index is 0.348. The molecule has 0 amide bonds. The van der Waals surface area contributed by atoms with Gasteiger partial charge in [0.1, 0.15) is 11.3 Å². The van der Waals surface area contributed by atoms with E-state index in [4.69, 9.17) is 18.6 Å². The number of hydrogen-bond acceptors (Lipinski definition) is 6. The standard InChI is InChI=1S/C25H19BrO6/c1-14-19-13-18(31-24(27)15-4-7-17(26)8-5-15)9-11-20(19)32-25(28)23(14)16-6-10-21(29-2)22(12-16)30-3/h4-13H,1-3H3. The fraction of sp³-hybridized carbons (Fsp3) is 0.120. The zero-order valence-electron chi connectivity index (χ0n) is 17.6. The Morgan fingerprint density at radius 3 is 2.31 bits per heavy atom. The molecule has 3 aromatic carbocycles. The third-order valence-corrected chi connectivity index (χ3v) is 5.63. The molecule has 0 spiro atoms. The lowest BCUT2D eigenvalue weighted by molar-refractivity contribution is 0.0735. The number of halogens is 1. The Morgan fingerprint density at radius 2 is 1.62 bits per heavy atom. The lowest BCUT2D eigenvalue weighted by Crippen LogP contribution is -2.09. The Morgan fingerprint density at radius 1 is 0.906 bits per heavy atom. The van der Waals surface area contributed by atoms with E-state index >= 15 is 0 Å². The van der Waals surface area contributed by atoms with Crippen molar-refractivity contribution in [2.75, 3.05) is 14.2 Å². The molecule has 0 unspecified atom stereocenters. The zero-order valence-corrected chi connectivity index (χ0v) is 19.2. The Kier molecular flexibility index (Phi) is 6.01. The molecule has 32 heavy (non-hydrogen) atoms. The number of benzene rings is 3. The van der Waals surface area contributed by atoms with E-state index in [1.54, 1.807) is 67.8 Å². The molecule has 0 bridgehead atoms.